The van der Waals surface area contributed by atoms with Gasteiger partial charge in [-0.2, -0.15) is 4.31 Å². The molecule has 0 aliphatic carbocycles. The molecule has 176 valence electrons. The third kappa shape index (κ3) is 4.70. The van der Waals surface area contributed by atoms with E-state index in [4.69, 9.17) is 0 Å². The van der Waals surface area contributed by atoms with E-state index in [1.807, 2.05) is 19.9 Å². The first-order chi connectivity index (χ1) is 15.2. The standard InChI is InChI=1S/C23H34N4O4S/c1-15-10-20(11-16(2)27(15)32(30,31)14-17-6-8-24-9-7-17)25-23(29)18-4-5-21-19(12-18)13-22(28)26(21)3/h4-5,12,15-17,20,24H,6-11,13-14H2,1-3H3,(H,25,29)/t15-,16+,20?. The molecule has 0 radical (unpaired) electrons. The molecule has 3 aliphatic rings. The number of fused-ring (bicyclic) bond motifs is 1. The minimum Gasteiger partial charge on any atom is -0.349 e. The molecule has 2 saturated heterocycles. The Kier molecular flexibility index (Phi) is 6.61. The lowest BCUT2D eigenvalue weighted by molar-refractivity contribution is -0.117. The van der Waals surface area contributed by atoms with Crippen molar-refractivity contribution in [2.24, 2.45) is 5.92 Å². The second-order valence-corrected chi connectivity index (χ2v) is 11.5. The van der Waals surface area contributed by atoms with Crippen LogP contribution in [0.15, 0.2) is 18.2 Å². The molecule has 8 nitrogen and oxygen atoms in total. The fourth-order valence-corrected chi connectivity index (χ4v) is 7.91. The van der Waals surface area contributed by atoms with Gasteiger partial charge in [0.05, 0.1) is 12.2 Å². The van der Waals surface area contributed by atoms with Crippen LogP contribution >= 0.6 is 0 Å². The van der Waals surface area contributed by atoms with Crippen molar-refractivity contribution in [3.05, 3.63) is 29.3 Å². The number of carbonyl (C=O) groups excluding carboxylic acids is 2. The van der Waals surface area contributed by atoms with Gasteiger partial charge in [0, 0.05) is 36.4 Å². The van der Waals surface area contributed by atoms with Crippen LogP contribution in [0.2, 0.25) is 0 Å². The Bertz CT molecular complexity index is 978. The molecular formula is C23H34N4O4S. The van der Waals surface area contributed by atoms with Crippen LogP contribution in [-0.4, -0.2) is 68.6 Å². The van der Waals surface area contributed by atoms with Gasteiger partial charge in [-0.05, 0) is 82.3 Å². The molecule has 9 heteroatoms. The van der Waals surface area contributed by atoms with Gasteiger partial charge in [-0.1, -0.05) is 0 Å². The van der Waals surface area contributed by atoms with Crippen LogP contribution in [0.4, 0.5) is 5.69 Å². The molecular weight excluding hydrogens is 428 g/mol. The van der Waals surface area contributed by atoms with E-state index in [1.165, 1.54) is 0 Å². The van der Waals surface area contributed by atoms with Gasteiger partial charge in [0.15, 0.2) is 0 Å². The van der Waals surface area contributed by atoms with Crippen LogP contribution in [0.3, 0.4) is 0 Å². The first-order valence-electron chi connectivity index (χ1n) is 11.6. The van der Waals surface area contributed by atoms with E-state index in [2.05, 4.69) is 10.6 Å². The zero-order valence-electron chi connectivity index (χ0n) is 19.1. The zero-order chi connectivity index (χ0) is 23.0. The minimum atomic E-state index is -3.35. The molecule has 32 heavy (non-hydrogen) atoms. The Balaban J connectivity index is 1.39. The number of hydrogen-bond acceptors (Lipinski definition) is 5. The number of rotatable bonds is 5. The molecule has 0 aromatic heterocycles. The maximum atomic E-state index is 13.2. The third-order valence-corrected chi connectivity index (χ3v) is 9.36. The highest BCUT2D eigenvalue weighted by Gasteiger charge is 2.40. The SMILES string of the molecule is C[C@@H]1CC(NC(=O)c2ccc3c(c2)CC(=O)N3C)C[C@H](C)N1S(=O)(=O)CC1CCNCC1. The van der Waals surface area contributed by atoms with Crippen molar-refractivity contribution < 1.29 is 18.0 Å². The Morgan fingerprint density at radius 1 is 1.16 bits per heavy atom. The van der Waals surface area contributed by atoms with Crippen molar-refractivity contribution in [3.63, 3.8) is 0 Å². The number of benzene rings is 1. The molecule has 2 N–H and O–H groups in total. The molecule has 3 aliphatic heterocycles. The summed E-state index contributed by atoms with van der Waals surface area (Å²) in [7, 11) is -1.61. The van der Waals surface area contributed by atoms with E-state index in [0.29, 0.717) is 24.8 Å². The number of nitrogens with zero attached hydrogens (tertiary/aromatic N) is 2. The fourth-order valence-electron chi connectivity index (χ4n) is 5.54. The largest absolute Gasteiger partial charge is 0.349 e. The van der Waals surface area contributed by atoms with E-state index < -0.39 is 10.0 Å². The highest BCUT2D eigenvalue weighted by atomic mass is 32.2. The molecule has 0 bridgehead atoms. The maximum absolute atomic E-state index is 13.2. The minimum absolute atomic E-state index is 0.0262. The van der Waals surface area contributed by atoms with Gasteiger partial charge < -0.3 is 15.5 Å². The zero-order valence-corrected chi connectivity index (χ0v) is 20.0. The van der Waals surface area contributed by atoms with Crippen LogP contribution < -0.4 is 15.5 Å². The molecule has 3 heterocycles. The first-order valence-corrected chi connectivity index (χ1v) is 13.2. The Morgan fingerprint density at radius 3 is 2.47 bits per heavy atom. The van der Waals surface area contributed by atoms with Gasteiger partial charge in [0.2, 0.25) is 15.9 Å². The number of anilines is 1. The van der Waals surface area contributed by atoms with Crippen LogP contribution in [0.1, 0.15) is 55.5 Å². The summed E-state index contributed by atoms with van der Waals surface area (Å²) in [5, 5.41) is 6.38. The van der Waals surface area contributed by atoms with E-state index >= 15 is 0 Å². The number of amides is 2. The lowest BCUT2D eigenvalue weighted by atomic mass is 9.95. The van der Waals surface area contributed by atoms with Crippen molar-refractivity contribution in [2.45, 2.75) is 64.1 Å². The number of nitrogens with one attached hydrogen (secondary N) is 2. The Morgan fingerprint density at radius 2 is 1.81 bits per heavy atom. The Labute approximate surface area is 190 Å². The molecule has 1 aromatic rings. The van der Waals surface area contributed by atoms with Gasteiger partial charge in [0.1, 0.15) is 0 Å². The average Bonchev–Trinajstić information content (AvgIpc) is 3.00. The summed E-state index contributed by atoms with van der Waals surface area (Å²) in [5.41, 5.74) is 2.25. The average molecular weight is 463 g/mol. The Hall–Kier alpha value is -1.97. The highest BCUT2D eigenvalue weighted by Crippen LogP contribution is 2.30. The summed E-state index contributed by atoms with van der Waals surface area (Å²) in [6, 6.07) is 4.93. The van der Waals surface area contributed by atoms with Crippen molar-refractivity contribution in [1.29, 1.82) is 0 Å². The predicted octanol–water partition coefficient (Wildman–Crippen LogP) is 1.51. The molecule has 0 saturated carbocycles. The van der Waals surface area contributed by atoms with E-state index in [-0.39, 0.29) is 41.6 Å². The van der Waals surface area contributed by atoms with Crippen molar-refractivity contribution in [1.82, 2.24) is 14.9 Å². The lowest BCUT2D eigenvalue weighted by Gasteiger charge is -2.42. The van der Waals surface area contributed by atoms with Crippen LogP contribution in [0, 0.1) is 5.92 Å². The van der Waals surface area contributed by atoms with Crippen molar-refractivity contribution >= 4 is 27.5 Å². The van der Waals surface area contributed by atoms with E-state index in [1.54, 1.807) is 28.4 Å². The van der Waals surface area contributed by atoms with Crippen molar-refractivity contribution in [2.75, 3.05) is 30.8 Å². The molecule has 2 fully saturated rings. The van der Waals surface area contributed by atoms with Gasteiger partial charge in [-0.3, -0.25) is 9.59 Å². The smallest absolute Gasteiger partial charge is 0.251 e. The molecule has 2 amide bonds. The van der Waals surface area contributed by atoms with Crippen LogP contribution in [0.5, 0.6) is 0 Å². The first kappa shape index (κ1) is 23.2. The molecule has 4 rings (SSSR count). The van der Waals surface area contributed by atoms with Crippen LogP contribution in [0.25, 0.3) is 0 Å². The van der Waals surface area contributed by atoms with Crippen LogP contribution in [-0.2, 0) is 21.2 Å². The van der Waals surface area contributed by atoms with E-state index in [9.17, 15) is 18.0 Å². The predicted molar refractivity (Wildman–Crippen MR) is 124 cm³/mol. The number of carbonyl (C=O) groups is 2. The summed E-state index contributed by atoms with van der Waals surface area (Å²) in [4.78, 5) is 26.4. The van der Waals surface area contributed by atoms with Gasteiger partial charge in [-0.15, -0.1) is 0 Å². The number of sulfonamides is 1. The monoisotopic (exact) mass is 462 g/mol. The summed E-state index contributed by atoms with van der Waals surface area (Å²) < 4.78 is 28.0. The summed E-state index contributed by atoms with van der Waals surface area (Å²) in [6.07, 6.45) is 3.29. The fraction of sp³-hybridized carbons (Fsp3) is 0.652. The second-order valence-electron chi connectivity index (χ2n) is 9.61. The molecule has 0 spiro atoms. The number of hydrogen-bond donors (Lipinski definition) is 2. The highest BCUT2D eigenvalue weighted by molar-refractivity contribution is 7.89. The van der Waals surface area contributed by atoms with Gasteiger partial charge >= 0.3 is 0 Å². The van der Waals surface area contributed by atoms with Gasteiger partial charge in [-0.25, -0.2) is 8.42 Å². The normalized spacial score (nSPS) is 27.4. The molecule has 1 unspecified atom stereocenters. The summed E-state index contributed by atoms with van der Waals surface area (Å²) in [6.45, 7) is 5.64. The number of likely N-dealkylation sites (N-methyl/N-ethyl adjacent to an activating group) is 1. The molecule has 3 atom stereocenters. The summed E-state index contributed by atoms with van der Waals surface area (Å²) >= 11 is 0. The quantitative estimate of drug-likeness (QED) is 0.691. The van der Waals surface area contributed by atoms with E-state index in [0.717, 1.165) is 37.2 Å². The lowest BCUT2D eigenvalue weighted by Crippen LogP contribution is -2.56. The number of piperidine rings is 2. The van der Waals surface area contributed by atoms with Crippen molar-refractivity contribution in [3.8, 4) is 0 Å². The maximum Gasteiger partial charge on any atom is 0.251 e. The summed E-state index contributed by atoms with van der Waals surface area (Å²) in [5.74, 6) is 0.273. The topological polar surface area (TPSA) is 98.8 Å². The third-order valence-electron chi connectivity index (χ3n) is 7.10. The second kappa shape index (κ2) is 9.11. The van der Waals surface area contributed by atoms with Gasteiger partial charge in [0.25, 0.3) is 5.91 Å². The molecule has 1 aromatic carbocycles.